The van der Waals surface area contributed by atoms with Crippen LogP contribution < -0.4 is 15.4 Å². The van der Waals surface area contributed by atoms with Crippen molar-refractivity contribution in [3.05, 3.63) is 59.9 Å². The maximum atomic E-state index is 12.7. The largest absolute Gasteiger partial charge is 0.489 e. The highest BCUT2D eigenvalue weighted by molar-refractivity contribution is 6.05. The van der Waals surface area contributed by atoms with Crippen LogP contribution >= 0.6 is 0 Å². The maximum absolute atomic E-state index is 12.7. The van der Waals surface area contributed by atoms with Gasteiger partial charge < -0.3 is 15.4 Å². The molecule has 28 heavy (non-hydrogen) atoms. The van der Waals surface area contributed by atoms with Crippen LogP contribution in [0.15, 0.2) is 54.4 Å². The van der Waals surface area contributed by atoms with Crippen molar-refractivity contribution in [2.24, 2.45) is 0 Å². The number of nitrogens with one attached hydrogen (secondary N) is 2. The summed E-state index contributed by atoms with van der Waals surface area (Å²) in [4.78, 5) is 16.9. The molecule has 5 nitrogen and oxygen atoms in total. The van der Waals surface area contributed by atoms with Crippen molar-refractivity contribution in [2.75, 3.05) is 17.2 Å². The Hall–Kier alpha value is -2.82. The van der Waals surface area contributed by atoms with Crippen LogP contribution in [0.3, 0.4) is 0 Å². The van der Waals surface area contributed by atoms with Crippen LogP contribution in [-0.4, -0.2) is 23.5 Å². The summed E-state index contributed by atoms with van der Waals surface area (Å²) in [5, 5.41) is 6.31. The molecule has 2 aromatic rings. The highest BCUT2D eigenvalue weighted by atomic mass is 16.5. The number of anilines is 2. The topological polar surface area (TPSA) is 63.2 Å². The molecule has 1 aromatic carbocycles. The maximum Gasteiger partial charge on any atom is 0.257 e. The first-order valence-electron chi connectivity index (χ1n) is 10.1. The predicted octanol–water partition coefficient (Wildman–Crippen LogP) is 5.42. The Morgan fingerprint density at radius 2 is 2.07 bits per heavy atom. The van der Waals surface area contributed by atoms with Crippen LogP contribution in [0.1, 0.15) is 56.3 Å². The molecular weight excluding hydrogens is 350 g/mol. The molecule has 0 saturated heterocycles. The number of pyridine rings is 1. The molecule has 0 spiro atoms. The van der Waals surface area contributed by atoms with Gasteiger partial charge in [0.2, 0.25) is 0 Å². The quantitative estimate of drug-likeness (QED) is 0.601. The average molecular weight is 380 g/mol. The zero-order valence-electron chi connectivity index (χ0n) is 16.7. The number of carbonyl (C=O) groups excluding carboxylic acids is 1. The summed E-state index contributed by atoms with van der Waals surface area (Å²) < 4.78 is 5.77. The zero-order valence-corrected chi connectivity index (χ0v) is 16.7. The summed E-state index contributed by atoms with van der Waals surface area (Å²) in [5.74, 6) is 0.458. The lowest BCUT2D eigenvalue weighted by atomic mass is 9.97. The Morgan fingerprint density at radius 3 is 2.86 bits per heavy atom. The third kappa shape index (κ3) is 5.84. The number of ether oxygens (including phenoxy) is 1. The second-order valence-electron chi connectivity index (χ2n) is 7.36. The van der Waals surface area contributed by atoms with Crippen LogP contribution in [0, 0.1) is 0 Å². The minimum Gasteiger partial charge on any atom is -0.489 e. The van der Waals surface area contributed by atoms with E-state index in [0.29, 0.717) is 17.0 Å². The van der Waals surface area contributed by atoms with Gasteiger partial charge in [0.25, 0.3) is 5.91 Å². The summed E-state index contributed by atoms with van der Waals surface area (Å²) in [7, 11) is 0. The van der Waals surface area contributed by atoms with E-state index in [4.69, 9.17) is 4.74 Å². The van der Waals surface area contributed by atoms with E-state index < -0.39 is 0 Å². The standard InChI is InChI=1S/C23H29N3O2/c1-17(2)28-22-11-7-6-10-21(22)26-23(27)19-14-20(16-24-15-19)25-13-12-18-8-4-3-5-9-18/h6-8,10-11,14-17,25H,3-5,9,12-13H2,1-2H3,(H,26,27). The van der Waals surface area contributed by atoms with Gasteiger partial charge in [0.15, 0.2) is 0 Å². The zero-order chi connectivity index (χ0) is 19.8. The van der Waals surface area contributed by atoms with E-state index in [-0.39, 0.29) is 12.0 Å². The van der Waals surface area contributed by atoms with E-state index in [1.807, 2.05) is 44.2 Å². The highest BCUT2D eigenvalue weighted by Gasteiger charge is 2.12. The number of hydrogen-bond donors (Lipinski definition) is 2. The van der Waals surface area contributed by atoms with Crippen molar-refractivity contribution in [3.8, 4) is 5.75 Å². The first-order chi connectivity index (χ1) is 13.6. The van der Waals surface area contributed by atoms with Crippen LogP contribution in [0.25, 0.3) is 0 Å². The summed E-state index contributed by atoms with van der Waals surface area (Å²) >= 11 is 0. The highest BCUT2D eigenvalue weighted by Crippen LogP contribution is 2.25. The molecule has 5 heteroatoms. The number of amides is 1. The fraction of sp³-hybridized carbons (Fsp3) is 0.391. The van der Waals surface area contributed by atoms with Crippen molar-refractivity contribution >= 4 is 17.3 Å². The number of nitrogens with zero attached hydrogens (tertiary/aromatic N) is 1. The number of aromatic nitrogens is 1. The average Bonchev–Trinajstić information content (AvgIpc) is 2.70. The lowest BCUT2D eigenvalue weighted by molar-refractivity contribution is 0.102. The van der Waals surface area contributed by atoms with Crippen LogP contribution in [0.5, 0.6) is 5.75 Å². The lowest BCUT2D eigenvalue weighted by Gasteiger charge is -2.15. The molecule has 1 aliphatic carbocycles. The molecule has 3 rings (SSSR count). The monoisotopic (exact) mass is 379 g/mol. The minimum atomic E-state index is -0.203. The van der Waals surface area contributed by atoms with Gasteiger partial charge >= 0.3 is 0 Å². The van der Waals surface area contributed by atoms with Crippen molar-refractivity contribution in [1.29, 1.82) is 0 Å². The molecule has 0 atom stereocenters. The molecule has 0 radical (unpaired) electrons. The van der Waals surface area contributed by atoms with Gasteiger partial charge in [0, 0.05) is 18.9 Å². The van der Waals surface area contributed by atoms with Gasteiger partial charge in [-0.2, -0.15) is 0 Å². The number of allylic oxidation sites excluding steroid dienone is 1. The molecule has 1 heterocycles. The van der Waals surface area contributed by atoms with E-state index in [0.717, 1.165) is 18.7 Å². The van der Waals surface area contributed by atoms with E-state index in [2.05, 4.69) is 21.7 Å². The van der Waals surface area contributed by atoms with Gasteiger partial charge in [-0.25, -0.2) is 0 Å². The van der Waals surface area contributed by atoms with E-state index in [1.165, 1.54) is 31.3 Å². The van der Waals surface area contributed by atoms with Crippen LogP contribution in [0.2, 0.25) is 0 Å². The first-order valence-corrected chi connectivity index (χ1v) is 10.1. The second-order valence-corrected chi connectivity index (χ2v) is 7.36. The molecular formula is C23H29N3O2. The molecule has 2 N–H and O–H groups in total. The molecule has 0 aliphatic heterocycles. The van der Waals surface area contributed by atoms with Gasteiger partial charge in [-0.3, -0.25) is 9.78 Å². The Balaban J connectivity index is 1.60. The van der Waals surface area contributed by atoms with Crippen LogP contribution in [-0.2, 0) is 0 Å². The Bertz CT molecular complexity index is 830. The summed E-state index contributed by atoms with van der Waals surface area (Å²) in [6, 6.07) is 9.29. The summed E-state index contributed by atoms with van der Waals surface area (Å²) in [6.07, 6.45) is 11.8. The molecule has 0 bridgehead atoms. The minimum absolute atomic E-state index is 0.0338. The first kappa shape index (κ1) is 19.9. The molecule has 148 valence electrons. The van der Waals surface area contributed by atoms with Crippen LogP contribution in [0.4, 0.5) is 11.4 Å². The number of rotatable bonds is 8. The van der Waals surface area contributed by atoms with Crippen molar-refractivity contribution in [1.82, 2.24) is 4.98 Å². The number of benzene rings is 1. The third-order valence-corrected chi connectivity index (χ3v) is 4.66. The second kappa shape index (κ2) is 9.93. The molecule has 1 aromatic heterocycles. The van der Waals surface area contributed by atoms with Gasteiger partial charge in [-0.15, -0.1) is 0 Å². The normalized spacial score (nSPS) is 13.8. The molecule has 0 fully saturated rings. The fourth-order valence-electron chi connectivity index (χ4n) is 3.28. The fourth-order valence-corrected chi connectivity index (χ4v) is 3.28. The Kier molecular flexibility index (Phi) is 7.06. The summed E-state index contributed by atoms with van der Waals surface area (Å²) in [5.41, 5.74) is 3.56. The van der Waals surface area contributed by atoms with Crippen molar-refractivity contribution in [3.63, 3.8) is 0 Å². The van der Waals surface area contributed by atoms with Gasteiger partial charge in [-0.05, 0) is 64.2 Å². The number of para-hydroxylation sites is 2. The van der Waals surface area contributed by atoms with Crippen molar-refractivity contribution in [2.45, 2.75) is 52.1 Å². The van der Waals surface area contributed by atoms with E-state index in [9.17, 15) is 4.79 Å². The number of carbonyl (C=O) groups is 1. The van der Waals surface area contributed by atoms with Crippen molar-refractivity contribution < 1.29 is 9.53 Å². The lowest BCUT2D eigenvalue weighted by Crippen LogP contribution is -2.15. The van der Waals surface area contributed by atoms with E-state index in [1.54, 1.807) is 12.4 Å². The third-order valence-electron chi connectivity index (χ3n) is 4.66. The molecule has 0 unspecified atom stereocenters. The summed E-state index contributed by atoms with van der Waals surface area (Å²) in [6.45, 7) is 4.77. The van der Waals surface area contributed by atoms with Gasteiger partial charge in [0.1, 0.15) is 5.75 Å². The predicted molar refractivity (Wildman–Crippen MR) is 114 cm³/mol. The molecule has 1 aliphatic rings. The smallest absolute Gasteiger partial charge is 0.257 e. The SMILES string of the molecule is CC(C)Oc1ccccc1NC(=O)c1cncc(NCCC2=CCCCC2)c1. The van der Waals surface area contributed by atoms with Gasteiger partial charge in [0.05, 0.1) is 23.0 Å². The molecule has 0 saturated carbocycles. The van der Waals surface area contributed by atoms with E-state index >= 15 is 0 Å². The number of hydrogen-bond acceptors (Lipinski definition) is 4. The Labute approximate surface area is 167 Å². The van der Waals surface area contributed by atoms with Gasteiger partial charge in [-0.1, -0.05) is 23.8 Å². The Morgan fingerprint density at radius 1 is 1.21 bits per heavy atom. The molecule has 1 amide bonds.